The third-order valence-electron chi connectivity index (χ3n) is 2.82. The van der Waals surface area contributed by atoms with Gasteiger partial charge in [0.1, 0.15) is 6.54 Å². The number of benzene rings is 1. The van der Waals surface area contributed by atoms with Gasteiger partial charge in [0.2, 0.25) is 10.0 Å². The van der Waals surface area contributed by atoms with Crippen LogP contribution >= 0.6 is 0 Å². The minimum absolute atomic E-state index is 0.00147. The molecule has 0 atom stereocenters. The lowest BCUT2D eigenvalue weighted by Gasteiger charge is -2.21. The maximum Gasteiger partial charge on any atom is 0.318 e. The Kier molecular flexibility index (Phi) is 5.67. The van der Waals surface area contributed by atoms with Crippen molar-refractivity contribution in [2.24, 2.45) is 0 Å². The zero-order valence-corrected chi connectivity index (χ0v) is 12.6. The molecule has 0 fully saturated rings. The van der Waals surface area contributed by atoms with Crippen LogP contribution in [-0.2, 0) is 19.6 Å². The predicted octanol–water partition coefficient (Wildman–Crippen LogP) is 1.03. The van der Waals surface area contributed by atoms with Crippen LogP contribution < -0.4 is 0 Å². The van der Waals surface area contributed by atoms with E-state index in [1.54, 1.807) is 26.0 Å². The summed E-state index contributed by atoms with van der Waals surface area (Å²) in [6, 6.07) is 5.06. The Morgan fingerprint density at radius 2 is 2.00 bits per heavy atom. The van der Waals surface area contributed by atoms with Crippen LogP contribution in [0.25, 0.3) is 0 Å². The number of ether oxygens (including phenoxy) is 1. The molecule has 1 aromatic carbocycles. The van der Waals surface area contributed by atoms with E-state index in [4.69, 9.17) is 9.84 Å². The molecule has 1 N–H and O–H groups in total. The quantitative estimate of drug-likeness (QED) is 0.813. The van der Waals surface area contributed by atoms with Crippen molar-refractivity contribution >= 4 is 16.0 Å². The van der Waals surface area contributed by atoms with Gasteiger partial charge in [-0.2, -0.15) is 4.31 Å². The van der Waals surface area contributed by atoms with Gasteiger partial charge < -0.3 is 9.84 Å². The Hall–Kier alpha value is -1.44. The zero-order valence-electron chi connectivity index (χ0n) is 11.8. The Bertz CT molecular complexity index is 582. The largest absolute Gasteiger partial charge is 0.480 e. The third-order valence-corrected chi connectivity index (χ3v) is 4.81. The number of hydrogen-bond acceptors (Lipinski definition) is 4. The number of methoxy groups -OCH3 is 1. The molecule has 112 valence electrons. The van der Waals surface area contributed by atoms with E-state index in [2.05, 4.69) is 0 Å². The molecule has 0 radical (unpaired) electrons. The van der Waals surface area contributed by atoms with Crippen LogP contribution in [0.1, 0.15) is 11.1 Å². The third kappa shape index (κ3) is 4.03. The van der Waals surface area contributed by atoms with E-state index in [-0.39, 0.29) is 18.0 Å². The highest BCUT2D eigenvalue weighted by Gasteiger charge is 2.27. The molecule has 0 heterocycles. The molecular formula is C13H19NO5S. The standard InChI is InChI=1S/C13H19NO5S/c1-10-4-5-11(2)12(8-10)20(17,18)14(6-7-19-3)9-13(15)16/h4-5,8H,6-7,9H2,1-3H3,(H,15,16). The highest BCUT2D eigenvalue weighted by Crippen LogP contribution is 2.21. The van der Waals surface area contributed by atoms with Crippen molar-refractivity contribution in [1.82, 2.24) is 4.31 Å². The molecule has 7 heteroatoms. The number of sulfonamides is 1. The number of carboxylic acid groups (broad SMARTS) is 1. The Morgan fingerprint density at radius 3 is 2.55 bits per heavy atom. The van der Waals surface area contributed by atoms with E-state index in [1.165, 1.54) is 7.11 Å². The van der Waals surface area contributed by atoms with Crippen molar-refractivity contribution in [2.45, 2.75) is 18.7 Å². The lowest BCUT2D eigenvalue weighted by Crippen LogP contribution is -2.38. The van der Waals surface area contributed by atoms with Crippen LogP contribution in [0.15, 0.2) is 23.1 Å². The van der Waals surface area contributed by atoms with Gasteiger partial charge in [0, 0.05) is 13.7 Å². The van der Waals surface area contributed by atoms with Gasteiger partial charge in [-0.3, -0.25) is 4.79 Å². The molecule has 1 aromatic rings. The summed E-state index contributed by atoms with van der Waals surface area (Å²) in [7, 11) is -2.42. The minimum Gasteiger partial charge on any atom is -0.480 e. The van der Waals surface area contributed by atoms with Crippen molar-refractivity contribution in [3.05, 3.63) is 29.3 Å². The van der Waals surface area contributed by atoms with Gasteiger partial charge in [-0.25, -0.2) is 8.42 Å². The average Bonchev–Trinajstić information content (AvgIpc) is 2.36. The van der Waals surface area contributed by atoms with E-state index in [0.29, 0.717) is 5.56 Å². The normalized spacial score (nSPS) is 11.8. The number of hydrogen-bond donors (Lipinski definition) is 1. The van der Waals surface area contributed by atoms with Gasteiger partial charge in [0.15, 0.2) is 0 Å². The van der Waals surface area contributed by atoms with Crippen LogP contribution in [0.5, 0.6) is 0 Å². The zero-order chi connectivity index (χ0) is 15.3. The fourth-order valence-corrected chi connectivity index (χ4v) is 3.44. The van der Waals surface area contributed by atoms with E-state index < -0.39 is 22.5 Å². The number of nitrogens with zero attached hydrogens (tertiary/aromatic N) is 1. The first kappa shape index (κ1) is 16.6. The molecule has 0 aliphatic heterocycles. The number of aliphatic carboxylic acids is 1. The first-order chi connectivity index (χ1) is 9.28. The first-order valence-electron chi connectivity index (χ1n) is 6.07. The Balaban J connectivity index is 3.20. The summed E-state index contributed by atoms with van der Waals surface area (Å²) in [6.07, 6.45) is 0. The lowest BCUT2D eigenvalue weighted by atomic mass is 10.2. The number of carboxylic acids is 1. The van der Waals surface area contributed by atoms with E-state index in [9.17, 15) is 13.2 Å². The van der Waals surface area contributed by atoms with Crippen LogP contribution in [0.3, 0.4) is 0 Å². The summed E-state index contributed by atoms with van der Waals surface area (Å²) in [6.45, 7) is 3.02. The lowest BCUT2D eigenvalue weighted by molar-refractivity contribution is -0.137. The molecule has 0 aliphatic carbocycles. The predicted molar refractivity (Wildman–Crippen MR) is 74.2 cm³/mol. The maximum atomic E-state index is 12.6. The molecule has 0 unspecified atom stereocenters. The van der Waals surface area contributed by atoms with Gasteiger partial charge in [0.05, 0.1) is 11.5 Å². The van der Waals surface area contributed by atoms with E-state index in [1.807, 2.05) is 6.07 Å². The molecule has 0 spiro atoms. The minimum atomic E-state index is -3.85. The SMILES string of the molecule is COCCN(CC(=O)O)S(=O)(=O)c1cc(C)ccc1C. The van der Waals surface area contributed by atoms with Crippen LogP contribution in [-0.4, -0.2) is 50.6 Å². The Labute approximate surface area is 119 Å². The van der Waals surface area contributed by atoms with Crippen molar-refractivity contribution in [2.75, 3.05) is 26.8 Å². The fraction of sp³-hybridized carbons (Fsp3) is 0.462. The smallest absolute Gasteiger partial charge is 0.318 e. The second-order valence-electron chi connectivity index (χ2n) is 4.49. The second-order valence-corrected chi connectivity index (χ2v) is 6.40. The summed E-state index contributed by atoms with van der Waals surface area (Å²) in [5, 5.41) is 8.87. The van der Waals surface area contributed by atoms with Crippen molar-refractivity contribution < 1.29 is 23.1 Å². The highest BCUT2D eigenvalue weighted by molar-refractivity contribution is 7.89. The van der Waals surface area contributed by atoms with Gasteiger partial charge in [-0.05, 0) is 31.0 Å². The van der Waals surface area contributed by atoms with E-state index >= 15 is 0 Å². The van der Waals surface area contributed by atoms with Crippen LogP contribution in [0.4, 0.5) is 0 Å². The second kappa shape index (κ2) is 6.83. The van der Waals surface area contributed by atoms with Crippen molar-refractivity contribution in [1.29, 1.82) is 0 Å². The molecule has 0 aliphatic rings. The van der Waals surface area contributed by atoms with Gasteiger partial charge in [0.25, 0.3) is 0 Å². The molecule has 0 bridgehead atoms. The van der Waals surface area contributed by atoms with Gasteiger partial charge in [-0.1, -0.05) is 12.1 Å². The molecular weight excluding hydrogens is 282 g/mol. The summed E-state index contributed by atoms with van der Waals surface area (Å²) in [5.41, 5.74) is 1.39. The molecule has 0 amide bonds. The maximum absolute atomic E-state index is 12.6. The fourth-order valence-electron chi connectivity index (χ4n) is 1.75. The first-order valence-corrected chi connectivity index (χ1v) is 7.51. The monoisotopic (exact) mass is 301 g/mol. The van der Waals surface area contributed by atoms with Gasteiger partial charge in [-0.15, -0.1) is 0 Å². The van der Waals surface area contributed by atoms with Crippen LogP contribution in [0, 0.1) is 13.8 Å². The van der Waals surface area contributed by atoms with Gasteiger partial charge >= 0.3 is 5.97 Å². The molecule has 0 saturated carbocycles. The summed E-state index contributed by atoms with van der Waals surface area (Å²) >= 11 is 0. The molecule has 1 rings (SSSR count). The summed E-state index contributed by atoms with van der Waals surface area (Å²) in [5.74, 6) is -1.20. The number of aryl methyl sites for hydroxylation is 2. The van der Waals surface area contributed by atoms with Crippen LogP contribution in [0.2, 0.25) is 0 Å². The highest BCUT2D eigenvalue weighted by atomic mass is 32.2. The average molecular weight is 301 g/mol. The Morgan fingerprint density at radius 1 is 1.35 bits per heavy atom. The van der Waals surface area contributed by atoms with E-state index in [0.717, 1.165) is 9.87 Å². The molecule has 0 saturated heterocycles. The molecule has 0 aromatic heterocycles. The summed E-state index contributed by atoms with van der Waals surface area (Å²) in [4.78, 5) is 11.0. The molecule has 6 nitrogen and oxygen atoms in total. The number of carbonyl (C=O) groups is 1. The topological polar surface area (TPSA) is 83.9 Å². The number of rotatable bonds is 7. The van der Waals surface area contributed by atoms with Crippen molar-refractivity contribution in [3.63, 3.8) is 0 Å². The summed E-state index contributed by atoms with van der Waals surface area (Å²) < 4.78 is 30.9. The molecule has 20 heavy (non-hydrogen) atoms. The van der Waals surface area contributed by atoms with Crippen molar-refractivity contribution in [3.8, 4) is 0 Å².